The van der Waals surface area contributed by atoms with Gasteiger partial charge in [0.1, 0.15) is 0 Å². The molecule has 0 bridgehead atoms. The molecule has 5 nitrogen and oxygen atoms in total. The van der Waals surface area contributed by atoms with E-state index in [2.05, 4.69) is 5.32 Å². The standard InChI is InChI=1S/C20H20ClNO4/c21-16-10-8-15(9-11-16)19(14-5-2-1-3-6-14)22-18(23)13-26-20(24)17-7-4-12-25-17/h1-3,5-6,8-11,17,19H,4,7,12-13H2,(H,22,23)/t17-,19-/m0/s1. The summed E-state index contributed by atoms with van der Waals surface area (Å²) in [6.45, 7) is 0.216. The maximum Gasteiger partial charge on any atom is 0.335 e. The molecular formula is C20H20ClNO4. The minimum Gasteiger partial charge on any atom is -0.454 e. The fraction of sp³-hybridized carbons (Fsp3) is 0.300. The molecule has 1 aliphatic rings. The highest BCUT2D eigenvalue weighted by molar-refractivity contribution is 6.30. The molecule has 0 aromatic heterocycles. The number of rotatable bonds is 6. The number of esters is 1. The first-order valence-electron chi connectivity index (χ1n) is 8.51. The van der Waals surface area contributed by atoms with E-state index in [0.29, 0.717) is 18.1 Å². The summed E-state index contributed by atoms with van der Waals surface area (Å²) in [6, 6.07) is 16.5. The van der Waals surface area contributed by atoms with E-state index in [1.807, 2.05) is 42.5 Å². The van der Waals surface area contributed by atoms with Crippen LogP contribution in [0.1, 0.15) is 30.0 Å². The molecule has 0 saturated carbocycles. The summed E-state index contributed by atoms with van der Waals surface area (Å²) in [4.78, 5) is 24.2. The Hall–Kier alpha value is -2.37. The number of amides is 1. The summed E-state index contributed by atoms with van der Waals surface area (Å²) in [6.07, 6.45) is 0.917. The molecular weight excluding hydrogens is 354 g/mol. The molecule has 2 aromatic carbocycles. The lowest BCUT2D eigenvalue weighted by molar-refractivity contribution is -0.157. The zero-order chi connectivity index (χ0) is 18.4. The van der Waals surface area contributed by atoms with Crippen molar-refractivity contribution >= 4 is 23.5 Å². The van der Waals surface area contributed by atoms with Crippen LogP contribution in [0.15, 0.2) is 54.6 Å². The number of halogens is 1. The molecule has 3 rings (SSSR count). The molecule has 6 heteroatoms. The third-order valence-electron chi connectivity index (χ3n) is 4.18. The summed E-state index contributed by atoms with van der Waals surface area (Å²) >= 11 is 5.96. The molecule has 2 atom stereocenters. The molecule has 1 amide bonds. The lowest BCUT2D eigenvalue weighted by Gasteiger charge is -2.20. The molecule has 0 aliphatic carbocycles. The predicted molar refractivity (Wildman–Crippen MR) is 97.8 cm³/mol. The molecule has 26 heavy (non-hydrogen) atoms. The van der Waals surface area contributed by atoms with E-state index in [1.54, 1.807) is 12.1 Å². The highest BCUT2D eigenvalue weighted by Crippen LogP contribution is 2.23. The number of hydrogen-bond acceptors (Lipinski definition) is 4. The van der Waals surface area contributed by atoms with E-state index in [1.165, 1.54) is 0 Å². The highest BCUT2D eigenvalue weighted by atomic mass is 35.5. The molecule has 1 heterocycles. The second kappa shape index (κ2) is 8.83. The van der Waals surface area contributed by atoms with Crippen molar-refractivity contribution in [1.82, 2.24) is 5.32 Å². The van der Waals surface area contributed by atoms with Gasteiger partial charge in [-0.15, -0.1) is 0 Å². The van der Waals surface area contributed by atoms with E-state index < -0.39 is 12.1 Å². The second-order valence-corrected chi connectivity index (χ2v) is 6.51. The van der Waals surface area contributed by atoms with Gasteiger partial charge in [0.05, 0.1) is 6.04 Å². The van der Waals surface area contributed by atoms with Crippen LogP contribution in [0.25, 0.3) is 0 Å². The molecule has 0 radical (unpaired) electrons. The van der Waals surface area contributed by atoms with Crippen molar-refractivity contribution < 1.29 is 19.1 Å². The fourth-order valence-corrected chi connectivity index (χ4v) is 2.98. The first kappa shape index (κ1) is 18.4. The molecule has 1 fully saturated rings. The zero-order valence-corrected chi connectivity index (χ0v) is 14.9. The van der Waals surface area contributed by atoms with E-state index >= 15 is 0 Å². The Kier molecular flexibility index (Phi) is 6.26. The van der Waals surface area contributed by atoms with Crippen molar-refractivity contribution in [1.29, 1.82) is 0 Å². The van der Waals surface area contributed by atoms with Gasteiger partial charge in [-0.25, -0.2) is 4.79 Å². The molecule has 136 valence electrons. The van der Waals surface area contributed by atoms with Gasteiger partial charge in [-0.05, 0) is 36.1 Å². The molecule has 2 aromatic rings. The third-order valence-corrected chi connectivity index (χ3v) is 4.43. The number of benzene rings is 2. The number of hydrogen-bond donors (Lipinski definition) is 1. The van der Waals surface area contributed by atoms with Gasteiger partial charge in [0.2, 0.25) is 0 Å². The summed E-state index contributed by atoms with van der Waals surface area (Å²) in [5.41, 5.74) is 1.81. The number of nitrogens with one attached hydrogen (secondary N) is 1. The van der Waals surface area contributed by atoms with Gasteiger partial charge in [-0.2, -0.15) is 0 Å². The van der Waals surface area contributed by atoms with Crippen molar-refractivity contribution in [3.8, 4) is 0 Å². The van der Waals surface area contributed by atoms with E-state index in [0.717, 1.165) is 17.5 Å². The van der Waals surface area contributed by atoms with Gasteiger partial charge in [0.25, 0.3) is 5.91 Å². The Labute approximate surface area is 157 Å². The largest absolute Gasteiger partial charge is 0.454 e. The molecule has 1 N–H and O–H groups in total. The predicted octanol–water partition coefficient (Wildman–Crippen LogP) is 3.27. The van der Waals surface area contributed by atoms with Crippen LogP contribution >= 0.6 is 11.6 Å². The minimum atomic E-state index is -0.552. The van der Waals surface area contributed by atoms with Crippen molar-refractivity contribution in [3.63, 3.8) is 0 Å². The highest BCUT2D eigenvalue weighted by Gasteiger charge is 2.26. The monoisotopic (exact) mass is 373 g/mol. The Balaban J connectivity index is 1.66. The average molecular weight is 374 g/mol. The van der Waals surface area contributed by atoms with E-state index in [-0.39, 0.29) is 18.6 Å². The SMILES string of the molecule is O=C(COC(=O)[C@@H]1CCCO1)N[C@@H](c1ccccc1)c1ccc(Cl)cc1. The van der Waals surface area contributed by atoms with Crippen molar-refractivity contribution in [2.45, 2.75) is 25.0 Å². The van der Waals surface area contributed by atoms with Crippen molar-refractivity contribution in [2.75, 3.05) is 13.2 Å². The second-order valence-electron chi connectivity index (χ2n) is 6.07. The molecule has 1 saturated heterocycles. The summed E-state index contributed by atoms with van der Waals surface area (Å²) < 4.78 is 10.3. The lowest BCUT2D eigenvalue weighted by Crippen LogP contribution is -2.34. The number of ether oxygens (including phenoxy) is 2. The lowest BCUT2D eigenvalue weighted by atomic mass is 9.99. The summed E-state index contributed by atoms with van der Waals surface area (Å²) in [5.74, 6) is -0.861. The van der Waals surface area contributed by atoms with E-state index in [9.17, 15) is 9.59 Å². The Morgan fingerprint density at radius 2 is 1.81 bits per heavy atom. The van der Waals surface area contributed by atoms with Gasteiger partial charge in [0.15, 0.2) is 12.7 Å². The third kappa shape index (κ3) is 4.84. The van der Waals surface area contributed by atoms with Crippen LogP contribution in [0.3, 0.4) is 0 Å². The summed E-state index contributed by atoms with van der Waals surface area (Å²) in [7, 11) is 0. The summed E-state index contributed by atoms with van der Waals surface area (Å²) in [5, 5.41) is 3.54. The Bertz CT molecular complexity index is 742. The maximum atomic E-state index is 12.3. The van der Waals surface area contributed by atoms with Crippen LogP contribution in [-0.2, 0) is 19.1 Å². The van der Waals surface area contributed by atoms with E-state index in [4.69, 9.17) is 21.1 Å². The van der Waals surface area contributed by atoms with Crippen LogP contribution in [0.4, 0.5) is 0 Å². The number of carbonyl (C=O) groups excluding carboxylic acids is 2. The number of carbonyl (C=O) groups is 2. The normalized spacial score (nSPS) is 17.5. The van der Waals surface area contributed by atoms with Crippen LogP contribution in [0.5, 0.6) is 0 Å². The minimum absolute atomic E-state index is 0.338. The van der Waals surface area contributed by atoms with Crippen LogP contribution in [0.2, 0.25) is 5.02 Å². The Morgan fingerprint density at radius 1 is 1.12 bits per heavy atom. The van der Waals surface area contributed by atoms with Gasteiger partial charge < -0.3 is 14.8 Å². The van der Waals surface area contributed by atoms with Crippen molar-refractivity contribution in [2.24, 2.45) is 0 Å². The average Bonchev–Trinajstić information content (AvgIpc) is 3.21. The van der Waals surface area contributed by atoms with Gasteiger partial charge in [-0.3, -0.25) is 4.79 Å². The quantitative estimate of drug-likeness (QED) is 0.789. The van der Waals surface area contributed by atoms with Crippen LogP contribution < -0.4 is 5.32 Å². The topological polar surface area (TPSA) is 64.6 Å². The first-order chi connectivity index (χ1) is 12.6. The van der Waals surface area contributed by atoms with Gasteiger partial charge >= 0.3 is 5.97 Å². The van der Waals surface area contributed by atoms with Gasteiger partial charge in [0, 0.05) is 11.6 Å². The first-order valence-corrected chi connectivity index (χ1v) is 8.89. The maximum absolute atomic E-state index is 12.3. The van der Waals surface area contributed by atoms with Crippen molar-refractivity contribution in [3.05, 3.63) is 70.7 Å². The smallest absolute Gasteiger partial charge is 0.335 e. The molecule has 0 unspecified atom stereocenters. The zero-order valence-electron chi connectivity index (χ0n) is 14.2. The molecule has 0 spiro atoms. The Morgan fingerprint density at radius 3 is 2.46 bits per heavy atom. The molecule has 1 aliphatic heterocycles. The van der Waals surface area contributed by atoms with Crippen LogP contribution in [-0.4, -0.2) is 31.2 Å². The van der Waals surface area contributed by atoms with Gasteiger partial charge in [-0.1, -0.05) is 54.1 Å². The van der Waals surface area contributed by atoms with Crippen LogP contribution in [0, 0.1) is 0 Å². The fourth-order valence-electron chi connectivity index (χ4n) is 2.86.